The topological polar surface area (TPSA) is 71.3 Å². The molecule has 0 aliphatic rings. The molecule has 0 bridgehead atoms. The van der Waals surface area contributed by atoms with E-state index in [1.807, 2.05) is 13.0 Å². The van der Waals surface area contributed by atoms with Gasteiger partial charge >= 0.3 is 0 Å². The number of amides is 1. The van der Waals surface area contributed by atoms with Gasteiger partial charge in [-0.3, -0.25) is 4.79 Å². The lowest BCUT2D eigenvalue weighted by Gasteiger charge is -2.12. The van der Waals surface area contributed by atoms with Crippen molar-refractivity contribution in [1.29, 1.82) is 5.26 Å². The first-order valence-corrected chi connectivity index (χ1v) is 7.84. The lowest BCUT2D eigenvalue weighted by Crippen LogP contribution is -2.20. The van der Waals surface area contributed by atoms with Gasteiger partial charge in [0.15, 0.2) is 18.1 Å². The number of nitrogens with one attached hydrogen (secondary N) is 1. The minimum Gasteiger partial charge on any atom is -0.490 e. The van der Waals surface area contributed by atoms with Gasteiger partial charge in [0.1, 0.15) is 0 Å². The molecule has 0 unspecified atom stereocenters. The summed E-state index contributed by atoms with van der Waals surface area (Å²) in [5.41, 5.74) is 0.851. The minimum atomic E-state index is -0.397. The molecule has 0 saturated heterocycles. The third-order valence-corrected chi connectivity index (χ3v) is 3.78. The number of hydrogen-bond donors (Lipinski definition) is 1. The largest absolute Gasteiger partial charge is 0.490 e. The molecular formula is C17H14Cl2N2O3. The fraction of sp³-hybridized carbons (Fsp3) is 0.176. The summed E-state index contributed by atoms with van der Waals surface area (Å²) >= 11 is 11.9. The smallest absolute Gasteiger partial charge is 0.262 e. The van der Waals surface area contributed by atoms with E-state index in [1.54, 1.807) is 36.4 Å². The summed E-state index contributed by atoms with van der Waals surface area (Å²) in [5.74, 6) is 0.388. The van der Waals surface area contributed by atoms with Gasteiger partial charge in [-0.15, -0.1) is 0 Å². The molecule has 0 aliphatic heterocycles. The normalized spacial score (nSPS) is 9.92. The Morgan fingerprint density at radius 1 is 1.21 bits per heavy atom. The summed E-state index contributed by atoms with van der Waals surface area (Å²) in [6, 6.07) is 11.7. The molecule has 0 saturated carbocycles. The van der Waals surface area contributed by atoms with Gasteiger partial charge in [-0.05, 0) is 31.2 Å². The quantitative estimate of drug-likeness (QED) is 0.829. The summed E-state index contributed by atoms with van der Waals surface area (Å²) in [7, 11) is 0. The average molecular weight is 365 g/mol. The van der Waals surface area contributed by atoms with Crippen LogP contribution >= 0.6 is 23.2 Å². The van der Waals surface area contributed by atoms with Crippen molar-refractivity contribution in [2.45, 2.75) is 6.92 Å². The van der Waals surface area contributed by atoms with Crippen LogP contribution in [0.15, 0.2) is 36.4 Å². The van der Waals surface area contributed by atoms with Crippen molar-refractivity contribution in [1.82, 2.24) is 0 Å². The van der Waals surface area contributed by atoms with Crippen LogP contribution in [0.5, 0.6) is 11.5 Å². The number of ether oxygens (including phenoxy) is 2. The maximum absolute atomic E-state index is 12.0. The lowest BCUT2D eigenvalue weighted by molar-refractivity contribution is -0.118. The molecule has 0 radical (unpaired) electrons. The summed E-state index contributed by atoms with van der Waals surface area (Å²) in [6.45, 7) is 1.99. The van der Waals surface area contributed by atoms with E-state index in [0.29, 0.717) is 34.4 Å². The second-order valence-electron chi connectivity index (χ2n) is 4.64. The lowest BCUT2D eigenvalue weighted by atomic mass is 10.2. The summed E-state index contributed by atoms with van der Waals surface area (Å²) in [5, 5.41) is 12.2. The monoisotopic (exact) mass is 364 g/mol. The van der Waals surface area contributed by atoms with Crippen LogP contribution in [0.3, 0.4) is 0 Å². The molecular weight excluding hydrogens is 351 g/mol. The van der Waals surface area contributed by atoms with Gasteiger partial charge in [0.2, 0.25) is 0 Å². The van der Waals surface area contributed by atoms with Crippen LogP contribution in [-0.2, 0) is 4.79 Å². The van der Waals surface area contributed by atoms with Crippen LogP contribution in [0, 0.1) is 11.3 Å². The van der Waals surface area contributed by atoms with Crippen LogP contribution in [0.4, 0.5) is 5.69 Å². The highest BCUT2D eigenvalue weighted by Gasteiger charge is 2.11. The van der Waals surface area contributed by atoms with E-state index in [0.717, 1.165) is 0 Å². The Kier molecular flexibility index (Phi) is 6.30. The van der Waals surface area contributed by atoms with Crippen LogP contribution < -0.4 is 14.8 Å². The van der Waals surface area contributed by atoms with Crippen molar-refractivity contribution in [3.05, 3.63) is 52.0 Å². The molecule has 0 heterocycles. The van der Waals surface area contributed by atoms with Crippen molar-refractivity contribution in [2.24, 2.45) is 0 Å². The summed E-state index contributed by atoms with van der Waals surface area (Å²) in [6.07, 6.45) is 0. The van der Waals surface area contributed by atoms with Gasteiger partial charge < -0.3 is 14.8 Å². The SMILES string of the molecule is CCOc1cc(C#N)ccc1OCC(=O)Nc1cccc(Cl)c1Cl. The zero-order chi connectivity index (χ0) is 17.5. The number of benzene rings is 2. The van der Waals surface area contributed by atoms with Gasteiger partial charge in [0.25, 0.3) is 5.91 Å². The first kappa shape index (κ1) is 17.9. The molecule has 0 fully saturated rings. The Hall–Kier alpha value is -2.42. The summed E-state index contributed by atoms with van der Waals surface area (Å²) in [4.78, 5) is 12.0. The first-order chi connectivity index (χ1) is 11.5. The van der Waals surface area contributed by atoms with E-state index < -0.39 is 5.91 Å². The Labute approximate surface area is 149 Å². The fourth-order valence-corrected chi connectivity index (χ4v) is 2.24. The van der Waals surface area contributed by atoms with E-state index in [9.17, 15) is 4.79 Å². The van der Waals surface area contributed by atoms with Crippen LogP contribution in [-0.4, -0.2) is 19.1 Å². The molecule has 24 heavy (non-hydrogen) atoms. The van der Waals surface area contributed by atoms with E-state index in [4.69, 9.17) is 37.9 Å². The second-order valence-corrected chi connectivity index (χ2v) is 5.43. The van der Waals surface area contributed by atoms with Gasteiger partial charge in [0.05, 0.1) is 34.0 Å². The zero-order valence-electron chi connectivity index (χ0n) is 12.8. The highest BCUT2D eigenvalue weighted by atomic mass is 35.5. The fourth-order valence-electron chi connectivity index (χ4n) is 1.90. The number of carbonyl (C=O) groups is 1. The molecule has 124 valence electrons. The van der Waals surface area contributed by atoms with E-state index in [1.165, 1.54) is 0 Å². The van der Waals surface area contributed by atoms with Gasteiger partial charge in [-0.2, -0.15) is 5.26 Å². The maximum Gasteiger partial charge on any atom is 0.262 e. The Bertz CT molecular complexity index is 788. The van der Waals surface area contributed by atoms with Crippen molar-refractivity contribution >= 4 is 34.8 Å². The first-order valence-electron chi connectivity index (χ1n) is 7.08. The third-order valence-electron chi connectivity index (χ3n) is 2.96. The third kappa shape index (κ3) is 4.54. The second kappa shape index (κ2) is 8.44. The number of rotatable bonds is 6. The van der Waals surface area contributed by atoms with E-state index in [-0.39, 0.29) is 11.6 Å². The van der Waals surface area contributed by atoms with Crippen molar-refractivity contribution in [2.75, 3.05) is 18.5 Å². The molecule has 2 rings (SSSR count). The molecule has 0 aromatic heterocycles. The number of halogens is 2. The number of carbonyl (C=O) groups excluding carboxylic acids is 1. The Morgan fingerprint density at radius 3 is 2.71 bits per heavy atom. The predicted molar refractivity (Wildman–Crippen MR) is 92.9 cm³/mol. The number of anilines is 1. The summed E-state index contributed by atoms with van der Waals surface area (Å²) < 4.78 is 10.9. The number of nitrogens with zero attached hydrogens (tertiary/aromatic N) is 1. The molecule has 1 N–H and O–H groups in total. The van der Waals surface area contributed by atoms with Crippen molar-refractivity contribution in [3.8, 4) is 17.6 Å². The van der Waals surface area contributed by atoms with E-state index in [2.05, 4.69) is 5.32 Å². The molecule has 0 spiro atoms. The molecule has 2 aromatic carbocycles. The number of hydrogen-bond acceptors (Lipinski definition) is 4. The van der Waals surface area contributed by atoms with Crippen LogP contribution in [0.25, 0.3) is 0 Å². The van der Waals surface area contributed by atoms with Gasteiger partial charge in [0, 0.05) is 6.07 Å². The molecule has 1 amide bonds. The molecule has 0 aliphatic carbocycles. The van der Waals surface area contributed by atoms with Gasteiger partial charge in [-0.25, -0.2) is 0 Å². The molecule has 0 atom stereocenters. The minimum absolute atomic E-state index is 0.241. The van der Waals surface area contributed by atoms with Crippen LogP contribution in [0.1, 0.15) is 12.5 Å². The van der Waals surface area contributed by atoms with Gasteiger partial charge in [-0.1, -0.05) is 29.3 Å². The predicted octanol–water partition coefficient (Wildman–Crippen LogP) is 4.28. The zero-order valence-corrected chi connectivity index (χ0v) is 14.3. The maximum atomic E-state index is 12.0. The van der Waals surface area contributed by atoms with Crippen LogP contribution in [0.2, 0.25) is 10.0 Å². The number of nitriles is 1. The highest BCUT2D eigenvalue weighted by molar-refractivity contribution is 6.43. The highest BCUT2D eigenvalue weighted by Crippen LogP contribution is 2.30. The molecule has 5 nitrogen and oxygen atoms in total. The molecule has 7 heteroatoms. The van der Waals surface area contributed by atoms with Crippen molar-refractivity contribution in [3.63, 3.8) is 0 Å². The van der Waals surface area contributed by atoms with Crippen molar-refractivity contribution < 1.29 is 14.3 Å². The Balaban J connectivity index is 2.04. The van der Waals surface area contributed by atoms with E-state index >= 15 is 0 Å². The standard InChI is InChI=1S/C17H14Cl2N2O3/c1-2-23-15-8-11(9-20)6-7-14(15)24-10-16(22)21-13-5-3-4-12(18)17(13)19/h3-8H,2,10H2,1H3,(H,21,22). The molecule has 2 aromatic rings. The average Bonchev–Trinajstić information content (AvgIpc) is 2.58. The Morgan fingerprint density at radius 2 is 2.00 bits per heavy atom.